The molecule has 1 aromatic rings. The molecule has 22 heteroatoms. The third kappa shape index (κ3) is 59.7. The minimum atomic E-state index is -0.376. The highest BCUT2D eigenvalue weighted by molar-refractivity contribution is 5.89. The van der Waals surface area contributed by atoms with E-state index in [2.05, 4.69) is 20.4 Å². The van der Waals surface area contributed by atoms with Crippen LogP contribution in [0.2, 0.25) is 0 Å². The molecule has 0 heterocycles. The summed E-state index contributed by atoms with van der Waals surface area (Å²) >= 11 is 0. The molecule has 0 aliphatic carbocycles. The third-order valence-electron chi connectivity index (χ3n) is 16.3. The quantitative estimate of drug-likeness (QED) is 0.0332. The third-order valence-corrected chi connectivity index (χ3v) is 16.3. The van der Waals surface area contributed by atoms with Crippen molar-refractivity contribution in [1.29, 1.82) is 0 Å². The molecule has 0 aromatic heterocycles. The summed E-state index contributed by atoms with van der Waals surface area (Å²) in [5.41, 5.74) is 1.41. The number of ether oxygens (including phenoxy) is 11. The minimum Gasteiger partial charge on any atom is -0.466 e. The van der Waals surface area contributed by atoms with Gasteiger partial charge in [-0.05, 0) is 223 Å². The van der Waals surface area contributed by atoms with Crippen LogP contribution < -0.4 is 0 Å². The second-order valence-electron chi connectivity index (χ2n) is 25.2. The summed E-state index contributed by atoms with van der Waals surface area (Å²) in [5, 5.41) is 0. The van der Waals surface area contributed by atoms with E-state index in [1.807, 2.05) is 0 Å². The van der Waals surface area contributed by atoms with Gasteiger partial charge in [0.25, 0.3) is 0 Å². The van der Waals surface area contributed by atoms with Crippen LogP contribution in [0.25, 0.3) is 6.08 Å². The fourth-order valence-corrected chi connectivity index (χ4v) is 9.99. The summed E-state index contributed by atoms with van der Waals surface area (Å²) in [6, 6.07) is 7.00. The van der Waals surface area contributed by atoms with Gasteiger partial charge >= 0.3 is 65.7 Å². The molecule has 1 unspecified atom stereocenters. The summed E-state index contributed by atoms with van der Waals surface area (Å²) in [6.45, 7) is 11.4. The molecule has 1 aromatic carbocycles. The lowest BCUT2D eigenvalue weighted by atomic mass is 10.0. The lowest BCUT2D eigenvalue weighted by molar-refractivity contribution is -0.146. The van der Waals surface area contributed by atoms with E-state index in [0.29, 0.717) is 218 Å². The largest absolute Gasteiger partial charge is 0.466 e. The SMILES string of the molecule is C=Cc1ccc(C(=O)OCCCCCC(=O)OCCCCCC(=O)OCCCCCC(=O)OCCCCCC(=O)OCCCCCC(=O)OCCCCCC(=O)OCCCCCC(=O)OCCCCCC(=O)OCCCCCC(=O)OCCCCCC(=O)OCC(CC)CCCC)cc1. The Morgan fingerprint density at radius 1 is 0.283 bits per heavy atom. The molecule has 0 radical (unpaired) electrons. The van der Waals surface area contributed by atoms with Crippen LogP contribution in [0.1, 0.15) is 312 Å². The second-order valence-corrected chi connectivity index (χ2v) is 25.2. The molecule has 0 spiro atoms. The molecule has 564 valence electrons. The van der Waals surface area contributed by atoms with Gasteiger partial charge in [-0.25, -0.2) is 4.79 Å². The second kappa shape index (κ2) is 65.7. The predicted octanol–water partition coefficient (Wildman–Crippen LogP) is 15.7. The van der Waals surface area contributed by atoms with Crippen molar-refractivity contribution in [2.45, 2.75) is 296 Å². The topological polar surface area (TPSA) is 289 Å². The summed E-state index contributed by atoms with van der Waals surface area (Å²) in [6.07, 6.45) is 29.4. The summed E-state index contributed by atoms with van der Waals surface area (Å²) in [5.74, 6) is -2.55. The van der Waals surface area contributed by atoms with Crippen molar-refractivity contribution in [2.75, 3.05) is 72.7 Å². The number of rotatable bonds is 68. The Balaban J connectivity index is 1.81. The number of carbonyl (C=O) groups excluding carboxylic acids is 11. The summed E-state index contributed by atoms with van der Waals surface area (Å²) in [7, 11) is 0. The first-order valence-electron chi connectivity index (χ1n) is 37.6. The molecule has 99 heavy (non-hydrogen) atoms. The zero-order valence-corrected chi connectivity index (χ0v) is 60.5. The van der Waals surface area contributed by atoms with Crippen molar-refractivity contribution in [3.05, 3.63) is 42.0 Å². The van der Waals surface area contributed by atoms with Crippen molar-refractivity contribution in [3.8, 4) is 0 Å². The first kappa shape index (κ1) is 90.1. The first-order chi connectivity index (χ1) is 48.1. The van der Waals surface area contributed by atoms with Crippen molar-refractivity contribution in [3.63, 3.8) is 0 Å². The highest BCUT2D eigenvalue weighted by Gasteiger charge is 2.14. The molecule has 0 fully saturated rings. The van der Waals surface area contributed by atoms with Crippen molar-refractivity contribution < 1.29 is 105 Å². The Kier molecular flexibility index (Phi) is 59.8. The van der Waals surface area contributed by atoms with E-state index in [1.165, 1.54) is 0 Å². The van der Waals surface area contributed by atoms with Gasteiger partial charge in [-0.15, -0.1) is 0 Å². The number of hydrogen-bond acceptors (Lipinski definition) is 22. The van der Waals surface area contributed by atoms with Gasteiger partial charge in [-0.1, -0.05) is 57.9 Å². The molecule has 0 amide bonds. The Morgan fingerprint density at radius 3 is 0.697 bits per heavy atom. The van der Waals surface area contributed by atoms with Crippen molar-refractivity contribution in [2.24, 2.45) is 5.92 Å². The van der Waals surface area contributed by atoms with E-state index in [4.69, 9.17) is 52.1 Å². The number of unbranched alkanes of at least 4 members (excludes halogenated alkanes) is 21. The Hall–Kier alpha value is -6.87. The van der Waals surface area contributed by atoms with Gasteiger partial charge in [-0.3, -0.25) is 47.9 Å². The van der Waals surface area contributed by atoms with Gasteiger partial charge in [-0.2, -0.15) is 0 Å². The van der Waals surface area contributed by atoms with Crippen LogP contribution in [0.15, 0.2) is 30.8 Å². The smallest absolute Gasteiger partial charge is 0.338 e. The molecule has 0 aliphatic heterocycles. The number of hydrogen-bond donors (Lipinski definition) is 0. The Morgan fingerprint density at radius 2 is 0.495 bits per heavy atom. The predicted molar refractivity (Wildman–Crippen MR) is 374 cm³/mol. The maximum absolute atomic E-state index is 12.1. The van der Waals surface area contributed by atoms with Gasteiger partial charge in [0.15, 0.2) is 0 Å². The minimum absolute atomic E-state index is 0.157. The highest BCUT2D eigenvalue weighted by atomic mass is 16.6. The molecular formula is C77H124O22. The molecule has 1 atom stereocenters. The fraction of sp³-hybridized carbons (Fsp3) is 0.753. The van der Waals surface area contributed by atoms with E-state index in [-0.39, 0.29) is 144 Å². The average Bonchev–Trinajstić information content (AvgIpc) is 1.01. The van der Waals surface area contributed by atoms with E-state index in [1.54, 1.807) is 30.3 Å². The molecule has 1 rings (SSSR count). The normalized spacial score (nSPS) is 11.2. The average molecular weight is 1400 g/mol. The molecule has 0 N–H and O–H groups in total. The van der Waals surface area contributed by atoms with E-state index in [9.17, 15) is 52.7 Å². The van der Waals surface area contributed by atoms with Crippen molar-refractivity contribution in [1.82, 2.24) is 0 Å². The standard InChI is InChI=1S/C77H124O22/c1-4-7-38-65(6-3)63-99-76(87)48-27-16-36-61-97-74(85)46-25-14-34-59-95-72(83)44-23-12-32-57-93-70(81)42-21-10-30-55-91-68(79)40-19-8-28-53-89-67(78)39-18-9-29-54-90-69(80)41-20-11-31-56-92-71(82)43-22-13-33-58-94-73(84)45-24-15-35-60-96-75(86)47-26-17-37-62-98-77(88)66-51-49-64(5-2)50-52-66/h5,49-52,65H,2,4,6-48,53-63H2,1,3H3. The Bertz CT molecular complexity index is 2330. The fourth-order valence-electron chi connectivity index (χ4n) is 9.99. The van der Waals surface area contributed by atoms with Crippen LogP contribution >= 0.6 is 0 Å². The Labute approximate surface area is 591 Å². The monoisotopic (exact) mass is 1400 g/mol. The summed E-state index contributed by atoms with van der Waals surface area (Å²) in [4.78, 5) is 133. The molecule has 22 nitrogen and oxygen atoms in total. The van der Waals surface area contributed by atoms with Crippen LogP contribution in [-0.4, -0.2) is 138 Å². The van der Waals surface area contributed by atoms with Crippen LogP contribution in [0.3, 0.4) is 0 Å². The molecule has 0 bridgehead atoms. The summed E-state index contributed by atoms with van der Waals surface area (Å²) < 4.78 is 58.4. The number of benzene rings is 1. The number of esters is 11. The zero-order valence-electron chi connectivity index (χ0n) is 60.5. The van der Waals surface area contributed by atoms with E-state index in [0.717, 1.165) is 76.2 Å². The lowest BCUT2D eigenvalue weighted by Crippen LogP contribution is -2.13. The van der Waals surface area contributed by atoms with Gasteiger partial charge < -0.3 is 52.1 Å². The van der Waals surface area contributed by atoms with Crippen LogP contribution in [0.4, 0.5) is 0 Å². The van der Waals surface area contributed by atoms with Crippen LogP contribution in [-0.2, 0) is 100 Å². The van der Waals surface area contributed by atoms with Crippen LogP contribution in [0, 0.1) is 5.92 Å². The van der Waals surface area contributed by atoms with Gasteiger partial charge in [0, 0.05) is 64.2 Å². The first-order valence-corrected chi connectivity index (χ1v) is 37.6. The van der Waals surface area contributed by atoms with E-state index >= 15 is 0 Å². The lowest BCUT2D eigenvalue weighted by Gasteiger charge is -2.14. The molecule has 0 aliphatic rings. The molecule has 0 saturated heterocycles. The molecule has 0 saturated carbocycles. The van der Waals surface area contributed by atoms with Gasteiger partial charge in [0.05, 0.1) is 78.2 Å². The number of carbonyl (C=O) groups is 11. The van der Waals surface area contributed by atoms with Gasteiger partial charge in [0.2, 0.25) is 0 Å². The molecular weight excluding hydrogens is 1280 g/mol. The van der Waals surface area contributed by atoms with Gasteiger partial charge in [0.1, 0.15) is 0 Å². The maximum atomic E-state index is 12.1. The van der Waals surface area contributed by atoms with Crippen LogP contribution in [0.5, 0.6) is 0 Å². The van der Waals surface area contributed by atoms with Crippen molar-refractivity contribution >= 4 is 71.7 Å². The van der Waals surface area contributed by atoms with E-state index < -0.39 is 0 Å². The maximum Gasteiger partial charge on any atom is 0.338 e. The zero-order chi connectivity index (χ0) is 72.3. The highest BCUT2D eigenvalue weighted by Crippen LogP contribution is 2.16.